The van der Waals surface area contributed by atoms with E-state index in [1.54, 1.807) is 62.8 Å². The van der Waals surface area contributed by atoms with Crippen LogP contribution in [0.4, 0.5) is 0 Å². The van der Waals surface area contributed by atoms with E-state index in [9.17, 15) is 8.42 Å². The van der Waals surface area contributed by atoms with E-state index in [-0.39, 0.29) is 11.4 Å². The number of benzene rings is 2. The minimum absolute atomic E-state index is 0.251. The number of rotatable bonds is 6. The molecular weight excluding hydrogens is 302 g/mol. The van der Waals surface area contributed by atoms with Crippen LogP contribution >= 0.6 is 0 Å². The largest absolute Gasteiger partial charge is 0.497 e. The van der Waals surface area contributed by atoms with Crippen LogP contribution in [0, 0.1) is 0 Å². The number of hydrogen-bond acceptors (Lipinski definition) is 4. The fourth-order valence-electron chi connectivity index (χ4n) is 2.25. The quantitative estimate of drug-likeness (QED) is 0.873. The Balaban J connectivity index is 2.38. The predicted octanol–water partition coefficient (Wildman–Crippen LogP) is 1.46. The molecule has 0 spiro atoms. The van der Waals surface area contributed by atoms with Crippen LogP contribution in [0.3, 0.4) is 0 Å². The molecular formula is C16H20NO4S+. The Labute approximate surface area is 130 Å². The van der Waals surface area contributed by atoms with Crippen molar-refractivity contribution in [2.45, 2.75) is 10.1 Å². The summed E-state index contributed by atoms with van der Waals surface area (Å²) in [6.07, 6.45) is 0. The van der Waals surface area contributed by atoms with Crippen molar-refractivity contribution in [2.75, 3.05) is 20.8 Å². The minimum Gasteiger partial charge on any atom is -0.497 e. The fraction of sp³-hybridized carbons (Fsp3) is 0.250. The summed E-state index contributed by atoms with van der Waals surface area (Å²) >= 11 is 0. The highest BCUT2D eigenvalue weighted by Gasteiger charge is 2.29. The van der Waals surface area contributed by atoms with Crippen LogP contribution in [-0.2, 0) is 9.84 Å². The van der Waals surface area contributed by atoms with Gasteiger partial charge in [0.2, 0.25) is 0 Å². The van der Waals surface area contributed by atoms with Crippen LogP contribution in [0.5, 0.6) is 11.5 Å². The maximum Gasteiger partial charge on any atom is 0.190 e. The third-order valence-electron chi connectivity index (χ3n) is 3.51. The molecule has 0 radical (unpaired) electrons. The topological polar surface area (TPSA) is 80.2 Å². The summed E-state index contributed by atoms with van der Waals surface area (Å²) in [5, 5.41) is -0.688. The van der Waals surface area contributed by atoms with E-state index >= 15 is 0 Å². The second-order valence-electron chi connectivity index (χ2n) is 4.77. The van der Waals surface area contributed by atoms with E-state index in [1.807, 2.05) is 0 Å². The monoisotopic (exact) mass is 322 g/mol. The Morgan fingerprint density at radius 1 is 0.909 bits per heavy atom. The van der Waals surface area contributed by atoms with Crippen LogP contribution in [-0.4, -0.2) is 29.2 Å². The Morgan fingerprint density at radius 2 is 1.36 bits per heavy atom. The molecule has 0 fully saturated rings. The van der Waals surface area contributed by atoms with Gasteiger partial charge >= 0.3 is 0 Å². The first-order chi connectivity index (χ1) is 10.5. The highest BCUT2D eigenvalue weighted by atomic mass is 32.2. The molecule has 6 heteroatoms. The fourth-order valence-corrected chi connectivity index (χ4v) is 3.92. The van der Waals surface area contributed by atoms with Crippen molar-refractivity contribution in [3.8, 4) is 11.5 Å². The van der Waals surface area contributed by atoms with Gasteiger partial charge in [-0.25, -0.2) is 8.42 Å². The zero-order valence-electron chi connectivity index (χ0n) is 12.7. The third kappa shape index (κ3) is 3.23. The maximum atomic E-state index is 12.8. The van der Waals surface area contributed by atoms with Gasteiger partial charge in [-0.1, -0.05) is 12.1 Å². The summed E-state index contributed by atoms with van der Waals surface area (Å²) in [5.41, 5.74) is 4.50. The van der Waals surface area contributed by atoms with Gasteiger partial charge in [0.15, 0.2) is 9.84 Å². The van der Waals surface area contributed by atoms with Gasteiger partial charge in [0.1, 0.15) is 16.7 Å². The Kier molecular flexibility index (Phi) is 5.05. The van der Waals surface area contributed by atoms with Crippen LogP contribution in [0.15, 0.2) is 53.4 Å². The molecule has 0 saturated carbocycles. The highest BCUT2D eigenvalue weighted by molar-refractivity contribution is 7.91. The van der Waals surface area contributed by atoms with Gasteiger partial charge in [0, 0.05) is 0 Å². The summed E-state index contributed by atoms with van der Waals surface area (Å²) < 4.78 is 35.8. The van der Waals surface area contributed by atoms with Crippen molar-refractivity contribution >= 4 is 9.84 Å². The number of methoxy groups -OCH3 is 2. The van der Waals surface area contributed by atoms with Crippen LogP contribution in [0.1, 0.15) is 10.8 Å². The zero-order valence-corrected chi connectivity index (χ0v) is 13.5. The molecule has 3 N–H and O–H groups in total. The van der Waals surface area contributed by atoms with Gasteiger partial charge in [-0.15, -0.1) is 0 Å². The van der Waals surface area contributed by atoms with Crippen molar-refractivity contribution in [1.82, 2.24) is 0 Å². The summed E-state index contributed by atoms with van der Waals surface area (Å²) in [4.78, 5) is 0.262. The molecule has 0 heterocycles. The highest BCUT2D eigenvalue weighted by Crippen LogP contribution is 2.29. The second-order valence-corrected chi connectivity index (χ2v) is 6.90. The van der Waals surface area contributed by atoms with E-state index in [0.29, 0.717) is 17.1 Å². The normalized spacial score (nSPS) is 12.7. The van der Waals surface area contributed by atoms with Gasteiger partial charge in [0.05, 0.1) is 25.7 Å². The smallest absolute Gasteiger partial charge is 0.190 e. The first-order valence-electron chi connectivity index (χ1n) is 6.84. The van der Waals surface area contributed by atoms with E-state index in [2.05, 4.69) is 5.73 Å². The van der Waals surface area contributed by atoms with Crippen molar-refractivity contribution in [3.05, 3.63) is 54.1 Å². The number of sulfone groups is 1. The van der Waals surface area contributed by atoms with Gasteiger partial charge in [-0.2, -0.15) is 0 Å². The van der Waals surface area contributed by atoms with Gasteiger partial charge < -0.3 is 15.2 Å². The van der Waals surface area contributed by atoms with Gasteiger partial charge in [0.25, 0.3) is 0 Å². The van der Waals surface area contributed by atoms with E-state index in [1.165, 1.54) is 0 Å². The van der Waals surface area contributed by atoms with E-state index < -0.39 is 15.1 Å². The summed E-state index contributed by atoms with van der Waals surface area (Å²) in [6, 6.07) is 13.4. The molecule has 0 aliphatic heterocycles. The Morgan fingerprint density at radius 3 is 1.77 bits per heavy atom. The van der Waals surface area contributed by atoms with Crippen LogP contribution in [0.25, 0.3) is 0 Å². The Bertz CT molecular complexity index is 709. The average molecular weight is 322 g/mol. The molecule has 0 aliphatic carbocycles. The molecule has 1 atom stereocenters. The number of hydrogen-bond donors (Lipinski definition) is 1. The maximum absolute atomic E-state index is 12.8. The molecule has 0 unspecified atom stereocenters. The van der Waals surface area contributed by atoms with Crippen LogP contribution < -0.4 is 15.2 Å². The molecule has 2 aromatic carbocycles. The lowest BCUT2D eigenvalue weighted by Gasteiger charge is -2.15. The van der Waals surface area contributed by atoms with Crippen molar-refractivity contribution in [1.29, 1.82) is 0 Å². The van der Waals surface area contributed by atoms with Gasteiger partial charge in [-0.3, -0.25) is 0 Å². The molecule has 0 amide bonds. The average Bonchev–Trinajstić information content (AvgIpc) is 2.56. The molecule has 0 bridgehead atoms. The summed E-state index contributed by atoms with van der Waals surface area (Å²) in [5.74, 6) is 1.31. The number of quaternary nitrogens is 1. The molecule has 2 aromatic rings. The van der Waals surface area contributed by atoms with Crippen molar-refractivity contribution in [3.63, 3.8) is 0 Å². The van der Waals surface area contributed by atoms with E-state index in [0.717, 1.165) is 0 Å². The lowest BCUT2D eigenvalue weighted by atomic mass is 10.1. The molecule has 0 saturated heterocycles. The first kappa shape index (κ1) is 16.3. The van der Waals surface area contributed by atoms with Gasteiger partial charge in [-0.05, 0) is 42.0 Å². The standard InChI is InChI=1S/C16H19NO4S/c1-20-13-5-3-12(4-6-13)16(11-17)22(18,19)15-9-7-14(21-2)8-10-15/h3-10,16H,11,17H2,1-2H3/p+1/t16-/m0/s1. The molecule has 0 aliphatic rings. The molecule has 0 aromatic heterocycles. The summed E-state index contributed by atoms with van der Waals surface area (Å²) in [7, 11) is -0.395. The lowest BCUT2D eigenvalue weighted by Crippen LogP contribution is -2.54. The van der Waals surface area contributed by atoms with Crippen molar-refractivity contribution < 1.29 is 23.6 Å². The Hall–Kier alpha value is -2.05. The first-order valence-corrected chi connectivity index (χ1v) is 8.38. The third-order valence-corrected chi connectivity index (χ3v) is 5.70. The zero-order chi connectivity index (χ0) is 16.2. The SMILES string of the molecule is COc1ccc([C@H](C[NH3+])S(=O)(=O)c2ccc(OC)cc2)cc1. The predicted molar refractivity (Wildman–Crippen MR) is 83.7 cm³/mol. The number of ether oxygens (including phenoxy) is 2. The molecule has 2 rings (SSSR count). The van der Waals surface area contributed by atoms with Crippen LogP contribution in [0.2, 0.25) is 0 Å². The molecule has 22 heavy (non-hydrogen) atoms. The molecule has 118 valence electrons. The second kappa shape index (κ2) is 6.81. The minimum atomic E-state index is -3.51. The van der Waals surface area contributed by atoms with Crippen molar-refractivity contribution in [2.24, 2.45) is 0 Å². The molecule has 5 nitrogen and oxygen atoms in total. The van der Waals surface area contributed by atoms with E-state index in [4.69, 9.17) is 9.47 Å². The summed E-state index contributed by atoms with van der Waals surface area (Å²) in [6.45, 7) is 0.251. The lowest BCUT2D eigenvalue weighted by molar-refractivity contribution is -0.367.